The fraction of sp³-hybridized carbons (Fsp3) is 0.435. The van der Waals surface area contributed by atoms with Gasteiger partial charge >= 0.3 is 11.9 Å². The van der Waals surface area contributed by atoms with Crippen molar-refractivity contribution in [3.8, 4) is 0 Å². The average molecular weight is 513 g/mol. The zero-order valence-electron chi connectivity index (χ0n) is 19.3. The molecule has 0 aromatic carbocycles. The second-order valence-corrected chi connectivity index (χ2v) is 7.56. The van der Waals surface area contributed by atoms with Crippen LogP contribution >= 0.6 is 23.2 Å². The van der Waals surface area contributed by atoms with Crippen LogP contribution in [0, 0.1) is 0 Å². The Balaban J connectivity index is 0.000000342. The number of ether oxygens (including phenoxy) is 2. The summed E-state index contributed by atoms with van der Waals surface area (Å²) in [6.45, 7) is 4.90. The number of aromatic nitrogens is 2. The number of rotatable bonds is 12. The van der Waals surface area contributed by atoms with Gasteiger partial charge in [-0.1, -0.05) is 23.2 Å². The maximum absolute atomic E-state index is 11.3. The fourth-order valence-corrected chi connectivity index (χ4v) is 3.45. The number of pyridine rings is 2. The summed E-state index contributed by atoms with van der Waals surface area (Å²) in [4.78, 5) is 41.0. The van der Waals surface area contributed by atoms with E-state index in [9.17, 15) is 14.4 Å². The molecule has 3 N–H and O–H groups in total. The number of amides is 1. The monoisotopic (exact) mass is 512 g/mol. The molecular formula is C23H30Cl2N4O5. The number of nitrogens with zero attached hydrogens (tertiary/aromatic N) is 2. The van der Waals surface area contributed by atoms with Crippen molar-refractivity contribution < 1.29 is 23.9 Å². The van der Waals surface area contributed by atoms with Crippen molar-refractivity contribution in [1.29, 1.82) is 0 Å². The Bertz CT molecular complexity index is 944. The first-order valence-electron chi connectivity index (χ1n) is 10.8. The van der Waals surface area contributed by atoms with E-state index in [-0.39, 0.29) is 18.4 Å². The van der Waals surface area contributed by atoms with Crippen LogP contribution in [0.3, 0.4) is 0 Å². The summed E-state index contributed by atoms with van der Waals surface area (Å²) in [6, 6.07) is 3.35. The number of carbonyl (C=O) groups excluding carboxylic acids is 3. The molecule has 9 nitrogen and oxygen atoms in total. The molecule has 0 aliphatic heterocycles. The summed E-state index contributed by atoms with van der Waals surface area (Å²) in [5, 5.41) is 3.66. The highest BCUT2D eigenvalue weighted by Gasteiger charge is 2.12. The van der Waals surface area contributed by atoms with Crippen molar-refractivity contribution in [2.75, 3.05) is 13.2 Å². The topological polar surface area (TPSA) is 134 Å². The zero-order chi connectivity index (χ0) is 25.3. The van der Waals surface area contributed by atoms with Gasteiger partial charge < -0.3 is 20.5 Å². The minimum Gasteiger partial charge on any atom is -0.466 e. The molecule has 2 heterocycles. The summed E-state index contributed by atoms with van der Waals surface area (Å²) in [6.07, 6.45) is 5.27. The highest BCUT2D eigenvalue weighted by Crippen LogP contribution is 2.21. The van der Waals surface area contributed by atoms with Crippen molar-refractivity contribution >= 4 is 41.6 Å². The predicted octanol–water partition coefficient (Wildman–Crippen LogP) is 3.17. The number of hydrogen-bond acceptors (Lipinski definition) is 8. The van der Waals surface area contributed by atoms with Crippen molar-refractivity contribution in [3.05, 3.63) is 57.1 Å². The lowest BCUT2D eigenvalue weighted by Crippen LogP contribution is -2.14. The second kappa shape index (κ2) is 16.8. The van der Waals surface area contributed by atoms with E-state index in [0.717, 1.165) is 16.8 Å². The summed E-state index contributed by atoms with van der Waals surface area (Å²) in [5.41, 5.74) is 8.54. The van der Waals surface area contributed by atoms with Gasteiger partial charge in [-0.25, -0.2) is 0 Å². The molecule has 2 rings (SSSR count). The van der Waals surface area contributed by atoms with E-state index in [0.29, 0.717) is 67.7 Å². The highest BCUT2D eigenvalue weighted by atomic mass is 35.5. The predicted molar refractivity (Wildman–Crippen MR) is 129 cm³/mol. The van der Waals surface area contributed by atoms with E-state index < -0.39 is 0 Å². The van der Waals surface area contributed by atoms with Crippen LogP contribution in [0.5, 0.6) is 0 Å². The van der Waals surface area contributed by atoms with Gasteiger partial charge in [-0.05, 0) is 49.9 Å². The molecule has 0 atom stereocenters. The first-order valence-corrected chi connectivity index (χ1v) is 11.6. The van der Waals surface area contributed by atoms with E-state index >= 15 is 0 Å². The van der Waals surface area contributed by atoms with Crippen LogP contribution in [0.15, 0.2) is 24.5 Å². The van der Waals surface area contributed by atoms with Gasteiger partial charge in [0.25, 0.3) is 0 Å². The Hall–Kier alpha value is -2.75. The highest BCUT2D eigenvalue weighted by molar-refractivity contribution is 6.31. The average Bonchev–Trinajstić information content (AvgIpc) is 2.82. The SMILES string of the molecule is CCOC(=O)CCc1c(Cl)ccnc1CN.CCOC(=O)CCc1c(Cl)ccnc1CNC=O. The second-order valence-electron chi connectivity index (χ2n) is 6.75. The molecular weight excluding hydrogens is 483 g/mol. The zero-order valence-corrected chi connectivity index (χ0v) is 20.8. The van der Waals surface area contributed by atoms with Crippen LogP contribution in [-0.4, -0.2) is 41.5 Å². The molecule has 0 radical (unpaired) electrons. The van der Waals surface area contributed by atoms with Gasteiger partial charge in [0.05, 0.1) is 31.1 Å². The van der Waals surface area contributed by atoms with Crippen molar-refractivity contribution in [2.24, 2.45) is 5.73 Å². The van der Waals surface area contributed by atoms with Crippen LogP contribution < -0.4 is 11.1 Å². The third kappa shape index (κ3) is 10.5. The van der Waals surface area contributed by atoms with Crippen LogP contribution in [0.2, 0.25) is 10.0 Å². The quantitative estimate of drug-likeness (QED) is 0.327. The maximum Gasteiger partial charge on any atom is 0.306 e. The van der Waals surface area contributed by atoms with Gasteiger partial charge in [0.15, 0.2) is 0 Å². The van der Waals surface area contributed by atoms with Gasteiger partial charge in [0, 0.05) is 41.8 Å². The molecule has 0 aliphatic rings. The Morgan fingerprint density at radius 1 is 0.941 bits per heavy atom. The molecule has 0 unspecified atom stereocenters. The van der Waals surface area contributed by atoms with E-state index in [1.165, 1.54) is 0 Å². The molecule has 1 amide bonds. The maximum atomic E-state index is 11.3. The Labute approximate surface area is 209 Å². The van der Waals surface area contributed by atoms with Crippen LogP contribution in [0.25, 0.3) is 0 Å². The first kappa shape index (κ1) is 29.3. The molecule has 0 spiro atoms. The third-order valence-electron chi connectivity index (χ3n) is 4.49. The molecule has 0 fully saturated rings. The summed E-state index contributed by atoms with van der Waals surface area (Å²) >= 11 is 12.1. The molecule has 0 aliphatic carbocycles. The lowest BCUT2D eigenvalue weighted by Gasteiger charge is -2.09. The standard InChI is InChI=1S/C12H15ClN2O3.C11H15ClN2O2/c1-2-18-12(17)4-3-9-10(13)5-6-15-11(9)7-14-8-16;1-2-16-11(15)4-3-8-9(12)5-6-14-10(8)7-13/h5-6,8H,2-4,7H2,1H3,(H,14,16);5-6H,2-4,7,13H2,1H3. The van der Waals surface area contributed by atoms with Crippen molar-refractivity contribution in [3.63, 3.8) is 0 Å². The van der Waals surface area contributed by atoms with Crippen molar-refractivity contribution in [2.45, 2.75) is 52.6 Å². The van der Waals surface area contributed by atoms with Crippen LogP contribution in [0.1, 0.15) is 49.2 Å². The van der Waals surface area contributed by atoms with Gasteiger partial charge in [0.2, 0.25) is 6.41 Å². The molecule has 11 heteroatoms. The normalized spacial score (nSPS) is 10.0. The van der Waals surface area contributed by atoms with E-state index in [2.05, 4.69) is 15.3 Å². The van der Waals surface area contributed by atoms with Gasteiger partial charge in [0.1, 0.15) is 0 Å². The molecule has 186 valence electrons. The van der Waals surface area contributed by atoms with Crippen LogP contribution in [-0.2, 0) is 49.8 Å². The number of carbonyl (C=O) groups is 3. The molecule has 0 saturated carbocycles. The summed E-state index contributed by atoms with van der Waals surface area (Å²) in [5.74, 6) is -0.503. The largest absolute Gasteiger partial charge is 0.466 e. The van der Waals surface area contributed by atoms with Gasteiger partial charge in [-0.2, -0.15) is 0 Å². The minimum atomic E-state index is -0.272. The van der Waals surface area contributed by atoms with Gasteiger partial charge in [-0.15, -0.1) is 0 Å². The molecule has 0 saturated heterocycles. The Morgan fingerprint density at radius 2 is 1.41 bits per heavy atom. The molecule has 34 heavy (non-hydrogen) atoms. The van der Waals surface area contributed by atoms with E-state index in [4.69, 9.17) is 38.4 Å². The lowest BCUT2D eigenvalue weighted by atomic mass is 10.1. The first-order chi connectivity index (χ1) is 16.4. The lowest BCUT2D eigenvalue weighted by molar-refractivity contribution is -0.144. The molecule has 2 aromatic heterocycles. The number of halogens is 2. The summed E-state index contributed by atoms with van der Waals surface area (Å²) < 4.78 is 9.69. The van der Waals surface area contributed by atoms with Crippen LogP contribution in [0.4, 0.5) is 0 Å². The summed E-state index contributed by atoms with van der Waals surface area (Å²) in [7, 11) is 0. The number of hydrogen-bond donors (Lipinski definition) is 2. The number of nitrogens with two attached hydrogens (primary N) is 1. The van der Waals surface area contributed by atoms with Gasteiger partial charge in [-0.3, -0.25) is 24.4 Å². The third-order valence-corrected chi connectivity index (χ3v) is 5.20. The molecule has 0 bridgehead atoms. The Kier molecular flexibility index (Phi) is 14.5. The van der Waals surface area contributed by atoms with E-state index in [1.807, 2.05) is 0 Å². The number of esters is 2. The minimum absolute atomic E-state index is 0.231. The van der Waals surface area contributed by atoms with Crippen molar-refractivity contribution in [1.82, 2.24) is 15.3 Å². The fourth-order valence-electron chi connectivity index (χ4n) is 2.93. The molecule has 2 aromatic rings. The van der Waals surface area contributed by atoms with E-state index in [1.54, 1.807) is 38.4 Å². The Morgan fingerprint density at radius 3 is 1.85 bits per heavy atom. The number of nitrogens with one attached hydrogen (secondary N) is 1. The smallest absolute Gasteiger partial charge is 0.306 e.